The van der Waals surface area contributed by atoms with Gasteiger partial charge in [0.05, 0.1) is 11.4 Å². The van der Waals surface area contributed by atoms with Crippen molar-refractivity contribution in [1.29, 1.82) is 0 Å². The van der Waals surface area contributed by atoms with Gasteiger partial charge in [0.1, 0.15) is 11.4 Å². The molecule has 0 aliphatic carbocycles. The minimum absolute atomic E-state index is 0.263. The molecule has 0 atom stereocenters. The second-order valence-corrected chi connectivity index (χ2v) is 6.16. The molecule has 0 unspecified atom stereocenters. The van der Waals surface area contributed by atoms with Gasteiger partial charge in [0.2, 0.25) is 0 Å². The highest BCUT2D eigenvalue weighted by Crippen LogP contribution is 2.18. The van der Waals surface area contributed by atoms with Crippen molar-refractivity contribution < 1.29 is 4.79 Å². The first-order valence-electron chi connectivity index (χ1n) is 8.29. The van der Waals surface area contributed by atoms with E-state index in [9.17, 15) is 9.59 Å². The molecule has 4 rings (SSSR count). The Bertz CT molecular complexity index is 1130. The van der Waals surface area contributed by atoms with E-state index in [1.165, 1.54) is 4.68 Å². The molecular weight excluding hydrogens is 328 g/mol. The molecule has 0 bridgehead atoms. The van der Waals surface area contributed by atoms with Crippen LogP contribution in [0.4, 0.5) is 5.69 Å². The van der Waals surface area contributed by atoms with Crippen LogP contribution in [0.25, 0.3) is 16.6 Å². The molecule has 2 N–H and O–H groups in total. The number of nitrogens with zero attached hydrogens (tertiary/aromatic N) is 2. The average molecular weight is 346 g/mol. The molecule has 1 amide bonds. The molecule has 0 spiro atoms. The van der Waals surface area contributed by atoms with Crippen molar-refractivity contribution in [2.24, 2.45) is 7.05 Å². The Balaban J connectivity index is 1.72. The normalized spacial score (nSPS) is 11.0. The number of fused-ring (bicyclic) bond motifs is 1. The van der Waals surface area contributed by atoms with E-state index in [1.54, 1.807) is 17.8 Å². The number of nitrogens with one attached hydrogen (secondary N) is 2. The van der Waals surface area contributed by atoms with Gasteiger partial charge >= 0.3 is 0 Å². The second-order valence-electron chi connectivity index (χ2n) is 6.16. The maximum Gasteiger partial charge on any atom is 0.295 e. The number of carbonyl (C=O) groups is 1. The van der Waals surface area contributed by atoms with Gasteiger partial charge in [-0.15, -0.1) is 0 Å². The number of hydrogen-bond acceptors (Lipinski definition) is 2. The number of H-pyrrole nitrogens is 1. The summed E-state index contributed by atoms with van der Waals surface area (Å²) in [5, 5.41) is 3.71. The molecule has 0 saturated heterocycles. The molecule has 26 heavy (non-hydrogen) atoms. The van der Waals surface area contributed by atoms with E-state index in [-0.39, 0.29) is 17.2 Å². The van der Waals surface area contributed by atoms with E-state index in [0.717, 1.165) is 16.6 Å². The number of hydrogen-bond donors (Lipinski definition) is 2. The summed E-state index contributed by atoms with van der Waals surface area (Å²) in [4.78, 5) is 28.6. The summed E-state index contributed by atoms with van der Waals surface area (Å²) in [6.07, 6.45) is 0. The van der Waals surface area contributed by atoms with Gasteiger partial charge in [-0.1, -0.05) is 36.4 Å². The molecule has 130 valence electrons. The van der Waals surface area contributed by atoms with Crippen LogP contribution in [0.15, 0.2) is 65.5 Å². The first-order chi connectivity index (χ1) is 12.6. The largest absolute Gasteiger partial charge is 0.351 e. The standard InChI is InChI=1S/C20H18N4O2/c1-13-18(20(26)24(23(13)2)15-9-4-3-5-10-15)22-19(25)17-12-14-8-6-7-11-16(14)21-17/h3-12,21H,1-2H3,(H,22,25). The van der Waals surface area contributed by atoms with E-state index in [0.29, 0.717) is 11.4 Å². The number of aromatic amines is 1. The summed E-state index contributed by atoms with van der Waals surface area (Å²) >= 11 is 0. The monoisotopic (exact) mass is 346 g/mol. The lowest BCUT2D eigenvalue weighted by Gasteiger charge is -2.07. The molecule has 0 saturated carbocycles. The molecule has 0 aliphatic rings. The molecular formula is C20H18N4O2. The fourth-order valence-corrected chi connectivity index (χ4v) is 3.09. The fourth-order valence-electron chi connectivity index (χ4n) is 3.09. The number of amides is 1. The van der Waals surface area contributed by atoms with E-state index >= 15 is 0 Å². The van der Waals surface area contributed by atoms with Crippen molar-refractivity contribution in [2.45, 2.75) is 6.92 Å². The third-order valence-corrected chi connectivity index (χ3v) is 4.57. The number of benzene rings is 2. The molecule has 6 nitrogen and oxygen atoms in total. The fraction of sp³-hybridized carbons (Fsp3) is 0.100. The van der Waals surface area contributed by atoms with Crippen molar-refractivity contribution in [3.05, 3.63) is 82.4 Å². The van der Waals surface area contributed by atoms with E-state index in [4.69, 9.17) is 0 Å². The van der Waals surface area contributed by atoms with Crippen molar-refractivity contribution in [3.63, 3.8) is 0 Å². The molecule has 2 heterocycles. The maximum absolute atomic E-state index is 12.9. The van der Waals surface area contributed by atoms with Crippen LogP contribution in [0, 0.1) is 6.92 Å². The summed E-state index contributed by atoms with van der Waals surface area (Å²) in [7, 11) is 1.79. The lowest BCUT2D eigenvalue weighted by atomic mass is 10.2. The van der Waals surface area contributed by atoms with Crippen LogP contribution >= 0.6 is 0 Å². The first kappa shape index (κ1) is 16.0. The van der Waals surface area contributed by atoms with Crippen molar-refractivity contribution in [3.8, 4) is 5.69 Å². The van der Waals surface area contributed by atoms with Crippen LogP contribution in [0.2, 0.25) is 0 Å². The van der Waals surface area contributed by atoms with Gasteiger partial charge in [-0.05, 0) is 31.2 Å². The summed E-state index contributed by atoms with van der Waals surface area (Å²) < 4.78 is 3.27. The summed E-state index contributed by atoms with van der Waals surface area (Å²) in [6.45, 7) is 1.81. The number of aromatic nitrogens is 3. The van der Waals surface area contributed by atoms with Crippen molar-refractivity contribution in [2.75, 3.05) is 5.32 Å². The lowest BCUT2D eigenvalue weighted by Crippen LogP contribution is -2.23. The molecule has 0 fully saturated rings. The Hall–Kier alpha value is -3.54. The van der Waals surface area contributed by atoms with E-state index in [2.05, 4.69) is 10.3 Å². The van der Waals surface area contributed by atoms with Crippen LogP contribution in [0.3, 0.4) is 0 Å². The van der Waals surface area contributed by atoms with Gasteiger partial charge in [-0.3, -0.25) is 14.3 Å². The van der Waals surface area contributed by atoms with Crippen LogP contribution in [-0.2, 0) is 7.05 Å². The highest BCUT2D eigenvalue weighted by Gasteiger charge is 2.19. The summed E-state index contributed by atoms with van der Waals surface area (Å²) in [6, 6.07) is 18.8. The zero-order chi connectivity index (χ0) is 18.3. The number of rotatable bonds is 3. The van der Waals surface area contributed by atoms with Crippen LogP contribution in [0.5, 0.6) is 0 Å². The topological polar surface area (TPSA) is 71.8 Å². The third kappa shape index (κ3) is 2.52. The first-order valence-corrected chi connectivity index (χ1v) is 8.29. The van der Waals surface area contributed by atoms with E-state index in [1.807, 2.05) is 61.5 Å². The average Bonchev–Trinajstić information content (AvgIpc) is 3.18. The van der Waals surface area contributed by atoms with Crippen molar-refractivity contribution in [1.82, 2.24) is 14.3 Å². The Labute approximate surface area is 149 Å². The van der Waals surface area contributed by atoms with Gasteiger partial charge in [-0.2, -0.15) is 0 Å². The summed E-state index contributed by atoms with van der Waals surface area (Å²) in [5.74, 6) is -0.341. The molecule has 4 aromatic rings. The predicted octanol–water partition coefficient (Wildman–Crippen LogP) is 3.22. The van der Waals surface area contributed by atoms with Crippen LogP contribution < -0.4 is 10.9 Å². The molecule has 2 aromatic carbocycles. The smallest absolute Gasteiger partial charge is 0.295 e. The Morgan fingerprint density at radius 1 is 1.04 bits per heavy atom. The molecule has 0 aliphatic heterocycles. The Morgan fingerprint density at radius 3 is 2.46 bits per heavy atom. The van der Waals surface area contributed by atoms with Gasteiger partial charge in [-0.25, -0.2) is 4.68 Å². The Kier molecular flexibility index (Phi) is 3.73. The number of para-hydroxylation sites is 2. The van der Waals surface area contributed by atoms with Crippen LogP contribution in [0.1, 0.15) is 16.2 Å². The number of carbonyl (C=O) groups excluding carboxylic acids is 1. The van der Waals surface area contributed by atoms with Crippen LogP contribution in [-0.4, -0.2) is 20.3 Å². The SMILES string of the molecule is Cc1c(NC(=O)c2cc3ccccc3[nH]2)c(=O)n(-c2ccccc2)n1C. The highest BCUT2D eigenvalue weighted by molar-refractivity contribution is 6.06. The number of anilines is 1. The van der Waals surface area contributed by atoms with Gasteiger partial charge in [0, 0.05) is 18.0 Å². The summed E-state index contributed by atoms with van der Waals surface area (Å²) in [5.41, 5.74) is 2.74. The quantitative estimate of drug-likeness (QED) is 0.598. The maximum atomic E-state index is 12.9. The van der Waals surface area contributed by atoms with Gasteiger partial charge in [0.25, 0.3) is 11.5 Å². The van der Waals surface area contributed by atoms with Crippen molar-refractivity contribution >= 4 is 22.5 Å². The lowest BCUT2D eigenvalue weighted by molar-refractivity contribution is 0.102. The third-order valence-electron chi connectivity index (χ3n) is 4.57. The zero-order valence-corrected chi connectivity index (χ0v) is 14.5. The zero-order valence-electron chi connectivity index (χ0n) is 14.5. The molecule has 0 radical (unpaired) electrons. The molecule has 6 heteroatoms. The predicted molar refractivity (Wildman–Crippen MR) is 102 cm³/mol. The Morgan fingerprint density at radius 2 is 1.73 bits per heavy atom. The van der Waals surface area contributed by atoms with Gasteiger partial charge < -0.3 is 10.3 Å². The molecule has 2 aromatic heterocycles. The highest BCUT2D eigenvalue weighted by atomic mass is 16.2. The minimum Gasteiger partial charge on any atom is -0.351 e. The second kappa shape index (κ2) is 6.07. The van der Waals surface area contributed by atoms with Gasteiger partial charge in [0.15, 0.2) is 0 Å². The minimum atomic E-state index is -0.341. The van der Waals surface area contributed by atoms with E-state index < -0.39 is 0 Å².